The number of rotatable bonds is 6. The van der Waals surface area contributed by atoms with E-state index in [1.54, 1.807) is 12.1 Å². The van der Waals surface area contributed by atoms with Crippen LogP contribution in [0, 0.1) is 5.82 Å². The van der Waals surface area contributed by atoms with Crippen LogP contribution in [0.2, 0.25) is 0 Å². The van der Waals surface area contributed by atoms with Crippen molar-refractivity contribution in [3.8, 4) is 0 Å². The molecule has 0 aliphatic carbocycles. The number of hydrogen-bond acceptors (Lipinski definition) is 2. The smallest absolute Gasteiger partial charge is 0.123 e. The SMILES string of the molecule is CC(C)(CCO)NCCc1cccc(F)c1. The van der Waals surface area contributed by atoms with Crippen molar-refractivity contribution in [2.45, 2.75) is 32.2 Å². The summed E-state index contributed by atoms with van der Waals surface area (Å²) in [4.78, 5) is 0. The normalized spacial score (nSPS) is 11.8. The van der Waals surface area contributed by atoms with Gasteiger partial charge in [-0.3, -0.25) is 0 Å². The Kier molecular flexibility index (Phi) is 4.90. The summed E-state index contributed by atoms with van der Waals surface area (Å²) in [5.41, 5.74) is 0.925. The summed E-state index contributed by atoms with van der Waals surface area (Å²) in [7, 11) is 0. The monoisotopic (exact) mass is 225 g/mol. The molecule has 0 bridgehead atoms. The van der Waals surface area contributed by atoms with Gasteiger partial charge in [0.25, 0.3) is 0 Å². The molecule has 2 nitrogen and oxygen atoms in total. The molecule has 0 amide bonds. The number of halogens is 1. The summed E-state index contributed by atoms with van der Waals surface area (Å²) in [6.45, 7) is 5.07. The molecule has 0 unspecified atom stereocenters. The second-order valence-electron chi connectivity index (χ2n) is 4.66. The molecule has 0 radical (unpaired) electrons. The predicted octanol–water partition coefficient (Wildman–Crippen LogP) is 2.12. The van der Waals surface area contributed by atoms with Crippen molar-refractivity contribution in [3.63, 3.8) is 0 Å². The van der Waals surface area contributed by atoms with Gasteiger partial charge in [-0.2, -0.15) is 0 Å². The molecule has 0 aliphatic rings. The van der Waals surface area contributed by atoms with E-state index in [1.807, 2.05) is 6.07 Å². The van der Waals surface area contributed by atoms with Gasteiger partial charge in [-0.25, -0.2) is 4.39 Å². The zero-order valence-electron chi connectivity index (χ0n) is 9.96. The third kappa shape index (κ3) is 4.73. The molecule has 0 fully saturated rings. The summed E-state index contributed by atoms with van der Waals surface area (Å²) >= 11 is 0. The fraction of sp³-hybridized carbons (Fsp3) is 0.538. The van der Waals surface area contributed by atoms with Crippen LogP contribution in [-0.2, 0) is 6.42 Å². The van der Waals surface area contributed by atoms with Gasteiger partial charge < -0.3 is 10.4 Å². The van der Waals surface area contributed by atoms with Gasteiger partial charge in [0.2, 0.25) is 0 Å². The van der Waals surface area contributed by atoms with Gasteiger partial charge in [-0.1, -0.05) is 12.1 Å². The molecule has 2 N–H and O–H groups in total. The van der Waals surface area contributed by atoms with Crippen molar-refractivity contribution in [1.82, 2.24) is 5.32 Å². The Hall–Kier alpha value is -0.930. The molecule has 0 aromatic heterocycles. The van der Waals surface area contributed by atoms with E-state index in [0.717, 1.165) is 24.9 Å². The molecule has 16 heavy (non-hydrogen) atoms. The van der Waals surface area contributed by atoms with Crippen molar-refractivity contribution < 1.29 is 9.50 Å². The molecular weight excluding hydrogens is 205 g/mol. The molecule has 0 saturated carbocycles. The van der Waals surface area contributed by atoms with Crippen LogP contribution in [0.5, 0.6) is 0 Å². The van der Waals surface area contributed by atoms with E-state index in [9.17, 15) is 4.39 Å². The van der Waals surface area contributed by atoms with Crippen LogP contribution in [0.25, 0.3) is 0 Å². The summed E-state index contributed by atoms with van der Waals surface area (Å²) in [6, 6.07) is 6.65. The van der Waals surface area contributed by atoms with Gasteiger partial charge in [0.05, 0.1) is 0 Å². The van der Waals surface area contributed by atoms with Crippen molar-refractivity contribution in [1.29, 1.82) is 0 Å². The molecule has 1 aromatic carbocycles. The standard InChI is InChI=1S/C13H20FNO/c1-13(2,7-9-16)15-8-6-11-4-3-5-12(14)10-11/h3-5,10,15-16H,6-9H2,1-2H3. The highest BCUT2D eigenvalue weighted by Crippen LogP contribution is 2.08. The highest BCUT2D eigenvalue weighted by molar-refractivity contribution is 5.16. The van der Waals surface area contributed by atoms with Crippen LogP contribution in [0.1, 0.15) is 25.8 Å². The first-order valence-electron chi connectivity index (χ1n) is 5.64. The molecular formula is C13H20FNO. The molecule has 1 rings (SSSR count). The maximum Gasteiger partial charge on any atom is 0.123 e. The largest absolute Gasteiger partial charge is 0.396 e. The zero-order chi connectivity index (χ0) is 12.0. The average Bonchev–Trinajstić information content (AvgIpc) is 2.17. The van der Waals surface area contributed by atoms with Crippen LogP contribution in [0.4, 0.5) is 4.39 Å². The van der Waals surface area contributed by atoms with Crippen LogP contribution >= 0.6 is 0 Å². The second kappa shape index (κ2) is 5.97. The average molecular weight is 225 g/mol. The Morgan fingerprint density at radius 3 is 2.75 bits per heavy atom. The first-order chi connectivity index (χ1) is 7.53. The van der Waals surface area contributed by atoms with Crippen LogP contribution < -0.4 is 5.32 Å². The number of benzene rings is 1. The van der Waals surface area contributed by atoms with E-state index < -0.39 is 0 Å². The highest BCUT2D eigenvalue weighted by Gasteiger charge is 2.15. The van der Waals surface area contributed by atoms with Crippen molar-refractivity contribution >= 4 is 0 Å². The van der Waals surface area contributed by atoms with Crippen LogP contribution in [-0.4, -0.2) is 23.8 Å². The molecule has 1 aromatic rings. The molecule has 0 saturated heterocycles. The highest BCUT2D eigenvalue weighted by atomic mass is 19.1. The van der Waals surface area contributed by atoms with E-state index in [4.69, 9.17) is 5.11 Å². The van der Waals surface area contributed by atoms with E-state index in [-0.39, 0.29) is 18.0 Å². The van der Waals surface area contributed by atoms with Gasteiger partial charge in [-0.15, -0.1) is 0 Å². The minimum absolute atomic E-state index is 0.0674. The topological polar surface area (TPSA) is 32.3 Å². The molecule has 0 aliphatic heterocycles. The zero-order valence-corrected chi connectivity index (χ0v) is 9.96. The first-order valence-corrected chi connectivity index (χ1v) is 5.64. The quantitative estimate of drug-likeness (QED) is 0.777. The van der Waals surface area contributed by atoms with E-state index in [0.29, 0.717) is 0 Å². The molecule has 3 heteroatoms. The number of nitrogens with one attached hydrogen (secondary N) is 1. The predicted molar refractivity (Wildman–Crippen MR) is 63.9 cm³/mol. The van der Waals surface area contributed by atoms with Crippen molar-refractivity contribution in [2.24, 2.45) is 0 Å². The third-order valence-electron chi connectivity index (χ3n) is 2.64. The lowest BCUT2D eigenvalue weighted by Gasteiger charge is -2.25. The minimum Gasteiger partial charge on any atom is -0.396 e. The van der Waals surface area contributed by atoms with Gasteiger partial charge >= 0.3 is 0 Å². The third-order valence-corrected chi connectivity index (χ3v) is 2.64. The molecule has 0 atom stereocenters. The summed E-state index contributed by atoms with van der Waals surface area (Å²) in [6.07, 6.45) is 1.52. The maximum atomic E-state index is 12.9. The van der Waals surface area contributed by atoms with Crippen molar-refractivity contribution in [3.05, 3.63) is 35.6 Å². The van der Waals surface area contributed by atoms with Gasteiger partial charge in [0.1, 0.15) is 5.82 Å². The number of hydrogen-bond donors (Lipinski definition) is 2. The lowest BCUT2D eigenvalue weighted by molar-refractivity contribution is 0.231. The Morgan fingerprint density at radius 2 is 2.12 bits per heavy atom. The van der Waals surface area contributed by atoms with Gasteiger partial charge in [0.15, 0.2) is 0 Å². The second-order valence-corrected chi connectivity index (χ2v) is 4.66. The fourth-order valence-electron chi connectivity index (χ4n) is 1.61. The summed E-state index contributed by atoms with van der Waals surface area (Å²) < 4.78 is 12.9. The number of aliphatic hydroxyl groups excluding tert-OH is 1. The summed E-state index contributed by atoms with van der Waals surface area (Å²) in [5, 5.41) is 12.2. The Labute approximate surface area is 96.5 Å². The fourth-order valence-corrected chi connectivity index (χ4v) is 1.61. The Balaban J connectivity index is 2.35. The lowest BCUT2D eigenvalue weighted by Crippen LogP contribution is -2.41. The summed E-state index contributed by atoms with van der Waals surface area (Å²) in [5.74, 6) is -0.188. The van der Waals surface area contributed by atoms with Gasteiger partial charge in [0, 0.05) is 12.1 Å². The van der Waals surface area contributed by atoms with E-state index >= 15 is 0 Å². The lowest BCUT2D eigenvalue weighted by atomic mass is 10.0. The minimum atomic E-state index is -0.188. The Morgan fingerprint density at radius 1 is 1.38 bits per heavy atom. The van der Waals surface area contributed by atoms with E-state index in [2.05, 4.69) is 19.2 Å². The molecule has 90 valence electrons. The van der Waals surface area contributed by atoms with Crippen molar-refractivity contribution in [2.75, 3.05) is 13.2 Å². The Bertz CT molecular complexity index is 325. The number of aliphatic hydroxyl groups is 1. The van der Waals surface area contributed by atoms with Crippen LogP contribution in [0.15, 0.2) is 24.3 Å². The first kappa shape index (κ1) is 13.1. The van der Waals surface area contributed by atoms with Gasteiger partial charge in [-0.05, 0) is 50.9 Å². The molecule has 0 spiro atoms. The molecule has 0 heterocycles. The van der Waals surface area contributed by atoms with Crippen LogP contribution in [0.3, 0.4) is 0 Å². The van der Waals surface area contributed by atoms with E-state index in [1.165, 1.54) is 6.07 Å². The maximum absolute atomic E-state index is 12.9.